The van der Waals surface area contributed by atoms with Crippen LogP contribution in [0.1, 0.15) is 112 Å². The van der Waals surface area contributed by atoms with Gasteiger partial charge in [-0.25, -0.2) is 19.9 Å². The van der Waals surface area contributed by atoms with Gasteiger partial charge in [0.1, 0.15) is 28.2 Å². The smallest absolute Gasteiger partial charge is 0.113 e. The third-order valence-corrected chi connectivity index (χ3v) is 11.8. The number of pyridine rings is 2. The Morgan fingerprint density at radius 2 is 0.931 bits per heavy atom. The van der Waals surface area contributed by atoms with Crippen molar-refractivity contribution in [1.82, 2.24) is 29.1 Å². The lowest BCUT2D eigenvalue weighted by molar-refractivity contribution is 0.440. The summed E-state index contributed by atoms with van der Waals surface area (Å²) in [7, 11) is 0. The highest BCUT2D eigenvalue weighted by molar-refractivity contribution is 6.06. The van der Waals surface area contributed by atoms with E-state index in [2.05, 4.69) is 132 Å². The Balaban J connectivity index is 1.42. The SMILES string of the molecule is CCCCc1nc2c(C(N)(CCCCCCCN)c3nc4ccccc4c4c3nc(CCCC)n4Cc3ccccc3)nc3ccccc3c2n1Cc1ccccc1. The van der Waals surface area contributed by atoms with E-state index < -0.39 is 5.54 Å². The second-order valence-corrected chi connectivity index (χ2v) is 16.0. The summed E-state index contributed by atoms with van der Waals surface area (Å²) in [5, 5.41) is 2.17. The number of hydrogen-bond donors (Lipinski definition) is 2. The van der Waals surface area contributed by atoms with Crippen LogP contribution >= 0.6 is 0 Å². The van der Waals surface area contributed by atoms with Crippen LogP contribution in [-0.2, 0) is 31.5 Å². The van der Waals surface area contributed by atoms with E-state index in [9.17, 15) is 0 Å². The van der Waals surface area contributed by atoms with Crippen LogP contribution in [-0.4, -0.2) is 35.6 Å². The molecular formula is C50H58N8. The lowest BCUT2D eigenvalue weighted by Gasteiger charge is -2.30. The van der Waals surface area contributed by atoms with Crippen LogP contribution < -0.4 is 11.5 Å². The summed E-state index contributed by atoms with van der Waals surface area (Å²) in [6.45, 7) is 6.63. The summed E-state index contributed by atoms with van der Waals surface area (Å²) in [6.07, 6.45) is 11.8. The largest absolute Gasteiger partial charge is 0.330 e. The van der Waals surface area contributed by atoms with Crippen molar-refractivity contribution in [2.24, 2.45) is 11.5 Å². The van der Waals surface area contributed by atoms with Gasteiger partial charge in [-0.05, 0) is 55.5 Å². The van der Waals surface area contributed by atoms with Crippen molar-refractivity contribution in [3.05, 3.63) is 143 Å². The first-order valence-corrected chi connectivity index (χ1v) is 21.7. The van der Waals surface area contributed by atoms with Crippen molar-refractivity contribution in [3.8, 4) is 0 Å². The van der Waals surface area contributed by atoms with Crippen molar-refractivity contribution >= 4 is 43.9 Å². The Kier molecular flexibility index (Phi) is 12.2. The number of nitrogens with zero attached hydrogens (tertiary/aromatic N) is 6. The molecular weight excluding hydrogens is 713 g/mol. The van der Waals surface area contributed by atoms with Crippen LogP contribution in [0.25, 0.3) is 43.9 Å². The number of para-hydroxylation sites is 2. The summed E-state index contributed by atoms with van der Waals surface area (Å²) in [5.74, 6) is 2.13. The molecule has 4 heterocycles. The van der Waals surface area contributed by atoms with E-state index in [1.54, 1.807) is 0 Å². The van der Waals surface area contributed by atoms with Crippen molar-refractivity contribution < 1.29 is 0 Å². The number of benzene rings is 4. The van der Waals surface area contributed by atoms with E-state index in [4.69, 9.17) is 31.4 Å². The predicted octanol–water partition coefficient (Wildman–Crippen LogP) is 10.8. The molecule has 58 heavy (non-hydrogen) atoms. The molecule has 0 atom stereocenters. The molecule has 0 unspecified atom stereocenters. The number of aromatic nitrogens is 6. The van der Waals surface area contributed by atoms with Gasteiger partial charge in [-0.15, -0.1) is 0 Å². The van der Waals surface area contributed by atoms with Crippen LogP contribution in [0.3, 0.4) is 0 Å². The van der Waals surface area contributed by atoms with Gasteiger partial charge in [-0.3, -0.25) is 0 Å². The molecule has 8 rings (SSSR count). The van der Waals surface area contributed by atoms with E-state index >= 15 is 0 Å². The average molecular weight is 771 g/mol. The Hall–Kier alpha value is -5.44. The fourth-order valence-corrected chi connectivity index (χ4v) is 8.74. The monoisotopic (exact) mass is 770 g/mol. The Morgan fingerprint density at radius 1 is 0.500 bits per heavy atom. The number of rotatable bonds is 19. The second-order valence-electron chi connectivity index (χ2n) is 16.0. The summed E-state index contributed by atoms with van der Waals surface area (Å²) in [6, 6.07) is 38.4. The van der Waals surface area contributed by atoms with Gasteiger partial charge in [-0.2, -0.15) is 0 Å². The molecule has 8 nitrogen and oxygen atoms in total. The maximum atomic E-state index is 8.18. The molecule has 0 aliphatic carbocycles. The van der Waals surface area contributed by atoms with Crippen molar-refractivity contribution in [2.45, 2.75) is 110 Å². The van der Waals surface area contributed by atoms with Crippen molar-refractivity contribution in [3.63, 3.8) is 0 Å². The maximum absolute atomic E-state index is 8.18. The molecule has 0 saturated carbocycles. The molecule has 0 aliphatic rings. The van der Waals surface area contributed by atoms with E-state index in [1.807, 2.05) is 0 Å². The minimum absolute atomic E-state index is 0.655. The highest BCUT2D eigenvalue weighted by Gasteiger charge is 2.40. The van der Waals surface area contributed by atoms with Crippen LogP contribution in [0.4, 0.5) is 0 Å². The van der Waals surface area contributed by atoms with E-state index in [1.165, 1.54) is 11.1 Å². The molecule has 4 N–H and O–H groups in total. The van der Waals surface area contributed by atoms with Crippen LogP contribution in [0.2, 0.25) is 0 Å². The first-order valence-electron chi connectivity index (χ1n) is 21.7. The van der Waals surface area contributed by atoms with Crippen LogP contribution in [0.15, 0.2) is 109 Å². The maximum Gasteiger partial charge on any atom is 0.113 e. The Labute approximate surface area is 342 Å². The molecule has 0 saturated heterocycles. The van der Waals surface area contributed by atoms with Gasteiger partial charge in [0, 0.05) is 36.7 Å². The number of nitrogens with two attached hydrogens (primary N) is 2. The molecule has 0 aliphatic heterocycles. The van der Waals surface area contributed by atoms with E-state index in [0.717, 1.165) is 144 Å². The molecule has 0 bridgehead atoms. The molecule has 0 radical (unpaired) electrons. The van der Waals surface area contributed by atoms with Gasteiger partial charge in [0.25, 0.3) is 0 Å². The zero-order valence-electron chi connectivity index (χ0n) is 34.3. The number of imidazole rings is 2. The highest BCUT2D eigenvalue weighted by Crippen LogP contribution is 2.42. The average Bonchev–Trinajstić information content (AvgIpc) is 3.81. The highest BCUT2D eigenvalue weighted by atomic mass is 15.1. The van der Waals surface area contributed by atoms with Gasteiger partial charge in [-0.1, -0.05) is 149 Å². The van der Waals surface area contributed by atoms with Gasteiger partial charge < -0.3 is 20.6 Å². The zero-order valence-corrected chi connectivity index (χ0v) is 34.3. The zero-order chi connectivity index (χ0) is 39.9. The van der Waals surface area contributed by atoms with Gasteiger partial charge in [0.15, 0.2) is 0 Å². The minimum Gasteiger partial charge on any atom is -0.330 e. The topological polar surface area (TPSA) is 113 Å². The fraction of sp³-hybridized carbons (Fsp3) is 0.360. The summed E-state index contributed by atoms with van der Waals surface area (Å²) < 4.78 is 4.86. The lowest BCUT2D eigenvalue weighted by atomic mass is 9.83. The molecule has 0 amide bonds. The molecule has 0 fully saturated rings. The van der Waals surface area contributed by atoms with Crippen molar-refractivity contribution in [2.75, 3.05) is 6.54 Å². The summed E-state index contributed by atoms with van der Waals surface area (Å²) in [5.41, 5.74) is 22.7. The second kappa shape index (κ2) is 18.0. The Morgan fingerprint density at radius 3 is 1.40 bits per heavy atom. The summed E-state index contributed by atoms with van der Waals surface area (Å²) >= 11 is 0. The number of hydrogen-bond acceptors (Lipinski definition) is 6. The van der Waals surface area contributed by atoms with Crippen LogP contribution in [0.5, 0.6) is 0 Å². The first-order chi connectivity index (χ1) is 28.5. The number of fused-ring (bicyclic) bond motifs is 6. The standard InChI is InChI=1S/C50H58N8/c1-3-5-30-42-55-44-46(57(42)34-36-22-12-10-13-23-36)38-26-16-18-28-40(38)53-48(44)50(52,32-20-8-7-9-21-33-51)49-45-47(39-27-17-19-29-41(39)54-49)58(43(56-45)31-6-4-2)35-37-24-14-11-15-25-37/h10-19,22-29H,3-9,20-21,30-35,51-52H2,1-2H3. The minimum atomic E-state index is -1.10. The summed E-state index contributed by atoms with van der Waals surface area (Å²) in [4.78, 5) is 22.3. The number of unbranched alkanes of at least 4 members (excludes halogenated alkanes) is 6. The number of aryl methyl sites for hydroxylation is 2. The molecule has 4 aromatic heterocycles. The molecule has 8 aromatic rings. The van der Waals surface area contributed by atoms with Crippen molar-refractivity contribution in [1.29, 1.82) is 0 Å². The Bertz CT molecular complexity index is 2440. The van der Waals surface area contributed by atoms with Crippen LogP contribution in [0, 0.1) is 0 Å². The first kappa shape index (κ1) is 39.4. The van der Waals surface area contributed by atoms with E-state index in [-0.39, 0.29) is 0 Å². The van der Waals surface area contributed by atoms with E-state index in [0.29, 0.717) is 19.5 Å². The molecule has 4 aromatic carbocycles. The van der Waals surface area contributed by atoms with Gasteiger partial charge in [0.05, 0.1) is 33.5 Å². The predicted molar refractivity (Wildman–Crippen MR) is 240 cm³/mol. The van der Waals surface area contributed by atoms with Gasteiger partial charge in [0.2, 0.25) is 0 Å². The molecule has 0 spiro atoms. The fourth-order valence-electron chi connectivity index (χ4n) is 8.74. The molecule has 8 heteroatoms. The third-order valence-electron chi connectivity index (χ3n) is 11.8. The lowest BCUT2D eigenvalue weighted by Crippen LogP contribution is -2.40. The quantitative estimate of drug-likeness (QED) is 0.0792. The molecule has 298 valence electrons. The van der Waals surface area contributed by atoms with Gasteiger partial charge >= 0.3 is 0 Å². The third kappa shape index (κ3) is 7.88. The normalized spacial score (nSPS) is 12.1.